The molecular formula is C13H15ClO4. The average Bonchev–Trinajstić information content (AvgIpc) is 3.07. The van der Waals surface area contributed by atoms with Gasteiger partial charge < -0.3 is 14.6 Å². The van der Waals surface area contributed by atoms with Crippen LogP contribution in [0.1, 0.15) is 24.8 Å². The van der Waals surface area contributed by atoms with Crippen LogP contribution in [-0.2, 0) is 10.2 Å². The van der Waals surface area contributed by atoms with E-state index in [1.165, 1.54) is 0 Å². The summed E-state index contributed by atoms with van der Waals surface area (Å²) >= 11 is 6.25. The molecule has 0 atom stereocenters. The molecule has 1 fully saturated rings. The monoisotopic (exact) mass is 270 g/mol. The zero-order valence-corrected chi connectivity index (χ0v) is 11.1. The molecule has 0 radical (unpaired) electrons. The first-order valence-electron chi connectivity index (χ1n) is 5.66. The minimum Gasteiger partial charge on any atom is -0.497 e. The Morgan fingerprint density at radius 3 is 2.50 bits per heavy atom. The van der Waals surface area contributed by atoms with E-state index in [1.807, 2.05) is 0 Å². The first-order valence-corrected chi connectivity index (χ1v) is 6.04. The molecule has 1 aliphatic rings. The molecule has 2 rings (SSSR count). The maximum Gasteiger partial charge on any atom is 0.304 e. The number of carbonyl (C=O) groups is 1. The van der Waals surface area contributed by atoms with Gasteiger partial charge >= 0.3 is 5.97 Å². The Labute approximate surface area is 110 Å². The molecule has 1 aromatic carbocycles. The molecule has 1 aromatic rings. The molecule has 0 heterocycles. The van der Waals surface area contributed by atoms with Crippen LogP contribution in [0.5, 0.6) is 11.5 Å². The first-order chi connectivity index (χ1) is 8.52. The van der Waals surface area contributed by atoms with Gasteiger partial charge in [0.15, 0.2) is 0 Å². The maximum absolute atomic E-state index is 11.0. The molecule has 5 heteroatoms. The van der Waals surface area contributed by atoms with Crippen molar-refractivity contribution in [2.45, 2.75) is 24.7 Å². The van der Waals surface area contributed by atoms with Crippen LogP contribution in [-0.4, -0.2) is 25.3 Å². The zero-order chi connectivity index (χ0) is 13.3. The lowest BCUT2D eigenvalue weighted by Crippen LogP contribution is -2.15. The molecule has 4 nitrogen and oxygen atoms in total. The van der Waals surface area contributed by atoms with E-state index in [0.29, 0.717) is 16.5 Å². The van der Waals surface area contributed by atoms with E-state index in [0.717, 1.165) is 18.4 Å². The fourth-order valence-electron chi connectivity index (χ4n) is 2.31. The molecule has 1 saturated carbocycles. The van der Waals surface area contributed by atoms with E-state index >= 15 is 0 Å². The summed E-state index contributed by atoms with van der Waals surface area (Å²) in [5.41, 5.74) is 0.412. The van der Waals surface area contributed by atoms with E-state index in [9.17, 15) is 4.79 Å². The quantitative estimate of drug-likeness (QED) is 0.894. The number of hydrogen-bond donors (Lipinski definition) is 1. The predicted octanol–water partition coefficient (Wildman–Crippen LogP) is 2.86. The van der Waals surface area contributed by atoms with Crippen molar-refractivity contribution in [3.8, 4) is 11.5 Å². The largest absolute Gasteiger partial charge is 0.497 e. The summed E-state index contributed by atoms with van der Waals surface area (Å²) in [6, 6.07) is 3.43. The van der Waals surface area contributed by atoms with Crippen LogP contribution >= 0.6 is 11.6 Å². The van der Waals surface area contributed by atoms with Crippen molar-refractivity contribution < 1.29 is 19.4 Å². The van der Waals surface area contributed by atoms with E-state index in [-0.39, 0.29) is 11.8 Å². The lowest BCUT2D eigenvalue weighted by Gasteiger charge is -2.19. The van der Waals surface area contributed by atoms with Gasteiger partial charge in [-0.05, 0) is 18.9 Å². The molecule has 18 heavy (non-hydrogen) atoms. The third kappa shape index (κ3) is 2.25. The standard InChI is InChI=1S/C13H15ClO4/c1-17-8-5-9(14)12(10(6-8)18-2)13(3-4-13)7-11(15)16/h5-6H,3-4,7H2,1-2H3,(H,15,16). The summed E-state index contributed by atoms with van der Waals surface area (Å²) in [5.74, 6) is 0.381. The average molecular weight is 271 g/mol. The molecule has 0 aliphatic heterocycles. The second kappa shape index (κ2) is 4.69. The van der Waals surface area contributed by atoms with Crippen LogP contribution in [0.3, 0.4) is 0 Å². The van der Waals surface area contributed by atoms with Gasteiger partial charge in [0.25, 0.3) is 0 Å². The van der Waals surface area contributed by atoms with Crippen molar-refractivity contribution in [2.24, 2.45) is 0 Å². The maximum atomic E-state index is 11.0. The van der Waals surface area contributed by atoms with E-state index < -0.39 is 5.97 Å². The van der Waals surface area contributed by atoms with Crippen LogP contribution in [0.4, 0.5) is 0 Å². The minimum absolute atomic E-state index is 0.0788. The minimum atomic E-state index is -0.818. The number of halogens is 1. The van der Waals surface area contributed by atoms with Gasteiger partial charge in [-0.3, -0.25) is 4.79 Å². The number of hydrogen-bond acceptors (Lipinski definition) is 3. The fourth-order valence-corrected chi connectivity index (χ4v) is 2.71. The highest BCUT2D eigenvalue weighted by Crippen LogP contribution is 2.56. The van der Waals surface area contributed by atoms with E-state index in [2.05, 4.69) is 0 Å². The van der Waals surface area contributed by atoms with Crippen LogP contribution in [0.2, 0.25) is 5.02 Å². The van der Waals surface area contributed by atoms with Gasteiger partial charge in [-0.25, -0.2) is 0 Å². The van der Waals surface area contributed by atoms with Crippen molar-refractivity contribution in [3.05, 3.63) is 22.7 Å². The number of ether oxygens (including phenoxy) is 2. The van der Waals surface area contributed by atoms with E-state index in [1.54, 1.807) is 26.4 Å². The Morgan fingerprint density at radius 1 is 1.39 bits per heavy atom. The van der Waals surface area contributed by atoms with Gasteiger partial charge in [0.1, 0.15) is 11.5 Å². The molecule has 0 spiro atoms. The molecule has 0 saturated heterocycles. The zero-order valence-electron chi connectivity index (χ0n) is 10.3. The number of aliphatic carboxylic acids is 1. The topological polar surface area (TPSA) is 55.8 Å². The SMILES string of the molecule is COc1cc(Cl)c(C2(CC(=O)O)CC2)c(OC)c1. The van der Waals surface area contributed by atoms with Crippen LogP contribution in [0.25, 0.3) is 0 Å². The summed E-state index contributed by atoms with van der Waals surface area (Å²) in [4.78, 5) is 11.0. The molecule has 98 valence electrons. The van der Waals surface area contributed by atoms with E-state index in [4.69, 9.17) is 26.2 Å². The number of carboxylic acids is 1. The number of rotatable bonds is 5. The van der Waals surface area contributed by atoms with Crippen molar-refractivity contribution >= 4 is 17.6 Å². The molecule has 0 amide bonds. The third-order valence-corrected chi connectivity index (χ3v) is 3.65. The van der Waals surface area contributed by atoms with Gasteiger partial charge in [0.05, 0.1) is 25.7 Å². The summed E-state index contributed by atoms with van der Waals surface area (Å²) in [6.45, 7) is 0. The Hall–Kier alpha value is -1.42. The Bertz CT molecular complexity index is 480. The Balaban J connectivity index is 2.47. The molecule has 0 bridgehead atoms. The second-order valence-corrected chi connectivity index (χ2v) is 4.94. The highest BCUT2D eigenvalue weighted by Gasteiger charge is 2.49. The summed E-state index contributed by atoms with van der Waals surface area (Å²) in [5, 5.41) is 9.50. The fraction of sp³-hybridized carbons (Fsp3) is 0.462. The summed E-state index contributed by atoms with van der Waals surface area (Å²) in [7, 11) is 3.10. The van der Waals surface area contributed by atoms with Gasteiger partial charge in [0.2, 0.25) is 0 Å². The van der Waals surface area contributed by atoms with Crippen molar-refractivity contribution in [1.29, 1.82) is 0 Å². The summed E-state index contributed by atoms with van der Waals surface area (Å²) < 4.78 is 10.4. The normalized spacial score (nSPS) is 16.2. The molecule has 1 aliphatic carbocycles. The molecule has 1 N–H and O–H groups in total. The first kappa shape index (κ1) is 13.0. The smallest absolute Gasteiger partial charge is 0.304 e. The molecule has 0 unspecified atom stereocenters. The Kier molecular flexibility index (Phi) is 3.39. The molecular weight excluding hydrogens is 256 g/mol. The van der Waals surface area contributed by atoms with Gasteiger partial charge in [0, 0.05) is 17.0 Å². The van der Waals surface area contributed by atoms with Crippen molar-refractivity contribution in [2.75, 3.05) is 14.2 Å². The Morgan fingerprint density at radius 2 is 2.06 bits per heavy atom. The van der Waals surface area contributed by atoms with Gasteiger partial charge in [-0.15, -0.1) is 0 Å². The number of benzene rings is 1. The van der Waals surface area contributed by atoms with Gasteiger partial charge in [-0.2, -0.15) is 0 Å². The lowest BCUT2D eigenvalue weighted by atomic mass is 9.91. The number of carboxylic acid groups (broad SMARTS) is 1. The number of methoxy groups -OCH3 is 2. The van der Waals surface area contributed by atoms with Crippen molar-refractivity contribution in [3.63, 3.8) is 0 Å². The van der Waals surface area contributed by atoms with Crippen molar-refractivity contribution in [1.82, 2.24) is 0 Å². The predicted molar refractivity (Wildman–Crippen MR) is 67.7 cm³/mol. The highest BCUT2D eigenvalue weighted by atomic mass is 35.5. The molecule has 0 aromatic heterocycles. The van der Waals surface area contributed by atoms with Crippen LogP contribution in [0, 0.1) is 0 Å². The highest BCUT2D eigenvalue weighted by molar-refractivity contribution is 6.32. The lowest BCUT2D eigenvalue weighted by molar-refractivity contribution is -0.137. The summed E-state index contributed by atoms with van der Waals surface area (Å²) in [6.07, 6.45) is 1.72. The van der Waals surface area contributed by atoms with Gasteiger partial charge in [-0.1, -0.05) is 11.6 Å². The van der Waals surface area contributed by atoms with Crippen LogP contribution < -0.4 is 9.47 Å². The van der Waals surface area contributed by atoms with Crippen LogP contribution in [0.15, 0.2) is 12.1 Å². The second-order valence-electron chi connectivity index (χ2n) is 4.54. The third-order valence-electron chi connectivity index (χ3n) is 3.36.